The number of carboxylic acid groups (broad SMARTS) is 1. The van der Waals surface area contributed by atoms with E-state index in [2.05, 4.69) is 26.1 Å². The summed E-state index contributed by atoms with van der Waals surface area (Å²) in [5, 5.41) is 11.9. The first kappa shape index (κ1) is 18.5. The van der Waals surface area contributed by atoms with Crippen LogP contribution in [0.15, 0.2) is 54.6 Å². The average Bonchev–Trinajstić information content (AvgIpc) is 2.58. The second-order valence-corrected chi connectivity index (χ2v) is 6.78. The molecule has 0 heterocycles. The zero-order valence-corrected chi connectivity index (χ0v) is 14.7. The zero-order valence-electron chi connectivity index (χ0n) is 14.7. The van der Waals surface area contributed by atoms with Crippen molar-refractivity contribution in [1.82, 2.24) is 5.32 Å². The van der Waals surface area contributed by atoms with Gasteiger partial charge >= 0.3 is 5.97 Å². The van der Waals surface area contributed by atoms with Crippen LogP contribution < -0.4 is 10.1 Å². The van der Waals surface area contributed by atoms with Crippen molar-refractivity contribution < 1.29 is 19.4 Å². The summed E-state index contributed by atoms with van der Waals surface area (Å²) in [6.07, 6.45) is 0. The van der Waals surface area contributed by atoms with Gasteiger partial charge in [-0.3, -0.25) is 4.79 Å². The predicted octanol–water partition coefficient (Wildman–Crippen LogP) is 3.31. The fraction of sp³-hybridized carbons (Fsp3) is 0.300. The number of benzene rings is 2. The standard InChI is InChI=1S/C20H23NO4/c1-20(2,3)15-11-7-8-12-16(15)25-13-17(22)21-18(19(23)24)14-9-5-4-6-10-14/h4-12,18H,13H2,1-3H3,(H,21,22)(H,23,24). The molecule has 0 aliphatic heterocycles. The van der Waals surface area contributed by atoms with Crippen LogP contribution in [0, 0.1) is 0 Å². The van der Waals surface area contributed by atoms with Gasteiger partial charge in [-0.2, -0.15) is 0 Å². The van der Waals surface area contributed by atoms with Crippen molar-refractivity contribution in [1.29, 1.82) is 0 Å². The molecule has 5 nitrogen and oxygen atoms in total. The second-order valence-electron chi connectivity index (χ2n) is 6.78. The molecule has 1 unspecified atom stereocenters. The Hall–Kier alpha value is -2.82. The number of ether oxygens (including phenoxy) is 1. The predicted molar refractivity (Wildman–Crippen MR) is 95.6 cm³/mol. The van der Waals surface area contributed by atoms with Gasteiger partial charge in [-0.15, -0.1) is 0 Å². The van der Waals surface area contributed by atoms with Crippen molar-refractivity contribution in [2.24, 2.45) is 0 Å². The summed E-state index contributed by atoms with van der Waals surface area (Å²) >= 11 is 0. The molecule has 0 saturated carbocycles. The molecule has 0 aliphatic rings. The maximum Gasteiger partial charge on any atom is 0.330 e. The summed E-state index contributed by atoms with van der Waals surface area (Å²) in [6, 6.07) is 15.0. The van der Waals surface area contributed by atoms with Crippen molar-refractivity contribution in [3.8, 4) is 5.75 Å². The number of carboxylic acids is 1. The highest BCUT2D eigenvalue weighted by atomic mass is 16.5. The molecule has 0 spiro atoms. The van der Waals surface area contributed by atoms with Gasteiger partial charge in [0.05, 0.1) is 0 Å². The molecule has 132 valence electrons. The maximum atomic E-state index is 12.2. The van der Waals surface area contributed by atoms with Crippen LogP contribution in [0.1, 0.15) is 37.9 Å². The second kappa shape index (κ2) is 7.83. The molecular formula is C20H23NO4. The number of carbonyl (C=O) groups excluding carboxylic acids is 1. The van der Waals surface area contributed by atoms with Gasteiger partial charge in [-0.25, -0.2) is 4.79 Å². The molecule has 1 amide bonds. The lowest BCUT2D eigenvalue weighted by atomic mass is 9.86. The molecule has 2 aromatic carbocycles. The Labute approximate surface area is 147 Å². The Balaban J connectivity index is 2.05. The summed E-state index contributed by atoms with van der Waals surface area (Å²) in [5.74, 6) is -0.980. The Morgan fingerprint density at radius 1 is 1.04 bits per heavy atom. The lowest BCUT2D eigenvalue weighted by Gasteiger charge is -2.22. The molecule has 0 radical (unpaired) electrons. The fourth-order valence-electron chi connectivity index (χ4n) is 2.49. The summed E-state index contributed by atoms with van der Waals surface area (Å²) in [7, 11) is 0. The van der Waals surface area contributed by atoms with E-state index in [-0.39, 0.29) is 12.0 Å². The fourth-order valence-corrected chi connectivity index (χ4v) is 2.49. The molecule has 0 aromatic heterocycles. The van der Waals surface area contributed by atoms with E-state index in [0.717, 1.165) is 5.56 Å². The Morgan fingerprint density at radius 3 is 2.24 bits per heavy atom. The van der Waals surface area contributed by atoms with E-state index in [9.17, 15) is 14.7 Å². The van der Waals surface area contributed by atoms with Gasteiger partial charge in [-0.05, 0) is 22.6 Å². The van der Waals surface area contributed by atoms with Crippen LogP contribution in [0.5, 0.6) is 5.75 Å². The smallest absolute Gasteiger partial charge is 0.330 e. The number of para-hydroxylation sites is 1. The summed E-state index contributed by atoms with van der Waals surface area (Å²) in [6.45, 7) is 5.94. The highest BCUT2D eigenvalue weighted by molar-refractivity contribution is 5.85. The third-order valence-electron chi connectivity index (χ3n) is 3.74. The number of rotatable bonds is 6. The van der Waals surface area contributed by atoms with E-state index in [1.807, 2.05) is 18.2 Å². The minimum absolute atomic E-state index is 0.124. The van der Waals surface area contributed by atoms with E-state index >= 15 is 0 Å². The first-order chi connectivity index (χ1) is 11.8. The number of carbonyl (C=O) groups is 2. The SMILES string of the molecule is CC(C)(C)c1ccccc1OCC(=O)NC(C(=O)O)c1ccccc1. The van der Waals surface area contributed by atoms with E-state index in [1.54, 1.807) is 36.4 Å². The Morgan fingerprint density at radius 2 is 1.64 bits per heavy atom. The van der Waals surface area contributed by atoms with Crippen LogP contribution in [-0.4, -0.2) is 23.6 Å². The molecule has 0 bridgehead atoms. The van der Waals surface area contributed by atoms with Gasteiger partial charge in [0.2, 0.25) is 0 Å². The number of hydrogen-bond acceptors (Lipinski definition) is 3. The normalized spacial score (nSPS) is 12.3. The topological polar surface area (TPSA) is 75.6 Å². The Kier molecular flexibility index (Phi) is 5.80. The van der Waals surface area contributed by atoms with Gasteiger partial charge < -0.3 is 15.2 Å². The largest absolute Gasteiger partial charge is 0.483 e. The first-order valence-electron chi connectivity index (χ1n) is 8.08. The Bertz CT molecular complexity index is 735. The molecule has 0 fully saturated rings. The van der Waals surface area contributed by atoms with Gasteiger partial charge in [0.1, 0.15) is 5.75 Å². The van der Waals surface area contributed by atoms with Crippen LogP contribution in [0.2, 0.25) is 0 Å². The van der Waals surface area contributed by atoms with Gasteiger partial charge in [0.25, 0.3) is 5.91 Å². The average molecular weight is 341 g/mol. The summed E-state index contributed by atoms with van der Waals surface area (Å²) < 4.78 is 5.64. The quantitative estimate of drug-likeness (QED) is 0.845. The molecule has 0 saturated heterocycles. The minimum Gasteiger partial charge on any atom is -0.483 e. The van der Waals surface area contributed by atoms with Gasteiger partial charge in [-0.1, -0.05) is 69.3 Å². The summed E-state index contributed by atoms with van der Waals surface area (Å²) in [5.41, 5.74) is 1.37. The molecule has 2 aromatic rings. The van der Waals surface area contributed by atoms with Crippen LogP contribution >= 0.6 is 0 Å². The number of nitrogens with one attached hydrogen (secondary N) is 1. The molecule has 2 rings (SSSR count). The van der Waals surface area contributed by atoms with E-state index in [4.69, 9.17) is 4.74 Å². The lowest BCUT2D eigenvalue weighted by Crippen LogP contribution is -2.36. The molecule has 2 N–H and O–H groups in total. The van der Waals surface area contributed by atoms with Crippen LogP contribution in [0.3, 0.4) is 0 Å². The molecule has 5 heteroatoms. The number of hydrogen-bond donors (Lipinski definition) is 2. The van der Waals surface area contributed by atoms with Crippen LogP contribution in [-0.2, 0) is 15.0 Å². The minimum atomic E-state index is -1.12. The van der Waals surface area contributed by atoms with E-state index in [1.165, 1.54) is 0 Å². The van der Waals surface area contributed by atoms with Crippen LogP contribution in [0.25, 0.3) is 0 Å². The van der Waals surface area contributed by atoms with Crippen molar-refractivity contribution in [2.45, 2.75) is 32.2 Å². The number of aliphatic carboxylic acids is 1. The summed E-state index contributed by atoms with van der Waals surface area (Å²) in [4.78, 5) is 23.6. The highest BCUT2D eigenvalue weighted by Crippen LogP contribution is 2.30. The van der Waals surface area contributed by atoms with Crippen molar-refractivity contribution >= 4 is 11.9 Å². The highest BCUT2D eigenvalue weighted by Gasteiger charge is 2.23. The third kappa shape index (κ3) is 5.08. The molecule has 25 heavy (non-hydrogen) atoms. The number of amides is 1. The third-order valence-corrected chi connectivity index (χ3v) is 3.74. The molecule has 0 aliphatic carbocycles. The van der Waals surface area contributed by atoms with Crippen molar-refractivity contribution in [3.63, 3.8) is 0 Å². The molecule has 1 atom stereocenters. The first-order valence-corrected chi connectivity index (χ1v) is 8.08. The van der Waals surface area contributed by atoms with Crippen LogP contribution in [0.4, 0.5) is 0 Å². The molecular weight excluding hydrogens is 318 g/mol. The van der Waals surface area contributed by atoms with Gasteiger partial charge in [0, 0.05) is 0 Å². The van der Waals surface area contributed by atoms with E-state index < -0.39 is 17.9 Å². The van der Waals surface area contributed by atoms with E-state index in [0.29, 0.717) is 11.3 Å². The monoisotopic (exact) mass is 341 g/mol. The zero-order chi connectivity index (χ0) is 18.4. The maximum absolute atomic E-state index is 12.2. The lowest BCUT2D eigenvalue weighted by molar-refractivity contribution is -0.142. The van der Waals surface area contributed by atoms with Crippen molar-refractivity contribution in [2.75, 3.05) is 6.61 Å². The van der Waals surface area contributed by atoms with Gasteiger partial charge in [0.15, 0.2) is 12.6 Å². The van der Waals surface area contributed by atoms with Crippen molar-refractivity contribution in [3.05, 3.63) is 65.7 Å².